The van der Waals surface area contributed by atoms with Gasteiger partial charge in [-0.25, -0.2) is 4.39 Å². The van der Waals surface area contributed by atoms with E-state index in [1.165, 1.54) is 22.9 Å². The first-order valence-electron chi connectivity index (χ1n) is 9.64. The maximum absolute atomic E-state index is 13.9. The molecule has 0 fully saturated rings. The summed E-state index contributed by atoms with van der Waals surface area (Å²) in [6.07, 6.45) is -2.16. The molecule has 8 heteroatoms. The van der Waals surface area contributed by atoms with Crippen LogP contribution >= 0.6 is 0 Å². The number of hydrogen-bond acceptors (Lipinski definition) is 2. The number of carbonyl (C=O) groups excluding carboxylic acids is 1. The molecule has 1 aliphatic rings. The monoisotopic (exact) mass is 417 g/mol. The van der Waals surface area contributed by atoms with Crippen LogP contribution in [0.15, 0.2) is 48.5 Å². The number of para-hydroxylation sites is 1. The second kappa shape index (κ2) is 7.93. The van der Waals surface area contributed by atoms with E-state index < -0.39 is 23.6 Å². The lowest BCUT2D eigenvalue weighted by Gasteiger charge is -2.16. The van der Waals surface area contributed by atoms with Crippen molar-refractivity contribution in [3.63, 3.8) is 0 Å². The quantitative estimate of drug-likeness (QED) is 0.592. The van der Waals surface area contributed by atoms with Gasteiger partial charge in [0.05, 0.1) is 12.2 Å². The minimum absolute atomic E-state index is 0.0271. The minimum atomic E-state index is -4.52. The lowest BCUT2D eigenvalue weighted by Crippen LogP contribution is -2.17. The van der Waals surface area contributed by atoms with Crippen LogP contribution in [0, 0.1) is 5.82 Å². The van der Waals surface area contributed by atoms with Crippen LogP contribution in [0.2, 0.25) is 0 Å². The Morgan fingerprint density at radius 3 is 2.50 bits per heavy atom. The predicted octanol–water partition coefficient (Wildman–Crippen LogP) is 5.22. The van der Waals surface area contributed by atoms with Crippen LogP contribution in [0.1, 0.15) is 45.7 Å². The van der Waals surface area contributed by atoms with Gasteiger partial charge in [0.15, 0.2) is 5.69 Å². The van der Waals surface area contributed by atoms with E-state index in [0.717, 1.165) is 6.42 Å². The first-order valence-corrected chi connectivity index (χ1v) is 9.64. The number of amides is 1. The number of fused-ring (bicyclic) bond motifs is 1. The van der Waals surface area contributed by atoms with Crippen LogP contribution in [0.4, 0.5) is 23.2 Å². The fourth-order valence-corrected chi connectivity index (χ4v) is 3.82. The van der Waals surface area contributed by atoms with E-state index in [-0.39, 0.29) is 23.4 Å². The molecule has 3 aromatic rings. The highest BCUT2D eigenvalue weighted by atomic mass is 19.4. The Kier molecular flexibility index (Phi) is 5.32. The maximum atomic E-state index is 13.9. The summed E-state index contributed by atoms with van der Waals surface area (Å²) >= 11 is 0. The average Bonchev–Trinajstić information content (AvgIpc) is 3.09. The number of alkyl halides is 3. The number of halogens is 4. The molecule has 0 unspecified atom stereocenters. The second-order valence-electron chi connectivity index (χ2n) is 7.23. The highest BCUT2D eigenvalue weighted by molar-refractivity contribution is 6.05. The van der Waals surface area contributed by atoms with Crippen molar-refractivity contribution in [3.05, 3.63) is 82.4 Å². The molecule has 0 atom stereocenters. The molecular formula is C22H19F4N3O. The highest BCUT2D eigenvalue weighted by Gasteiger charge is 2.39. The van der Waals surface area contributed by atoms with Crippen LogP contribution in [0.25, 0.3) is 0 Å². The number of carbonyl (C=O) groups is 1. The molecule has 4 nitrogen and oxygen atoms in total. The Morgan fingerprint density at radius 2 is 1.73 bits per heavy atom. The standard InChI is InChI=1S/C22H19F4N3O/c23-17-10-4-5-11-18(17)27-21(30)15-8-2-1-7-14(15)13-29-19-12-6-3-9-16(19)20(28-29)22(24,25)26/h1-2,4-5,7-8,10-11H,3,6,9,12-13H2,(H,27,30). The van der Waals surface area contributed by atoms with Gasteiger partial charge in [-0.2, -0.15) is 18.3 Å². The van der Waals surface area contributed by atoms with Crippen LogP contribution in [-0.4, -0.2) is 15.7 Å². The van der Waals surface area contributed by atoms with Gasteiger partial charge in [-0.3, -0.25) is 9.48 Å². The number of hydrogen-bond donors (Lipinski definition) is 1. The number of aromatic nitrogens is 2. The van der Waals surface area contributed by atoms with E-state index in [2.05, 4.69) is 10.4 Å². The van der Waals surface area contributed by atoms with Crippen molar-refractivity contribution in [1.82, 2.24) is 9.78 Å². The summed E-state index contributed by atoms with van der Waals surface area (Å²) < 4.78 is 55.6. The van der Waals surface area contributed by atoms with Gasteiger partial charge < -0.3 is 5.32 Å². The van der Waals surface area contributed by atoms with Gasteiger partial charge in [-0.1, -0.05) is 30.3 Å². The summed E-state index contributed by atoms with van der Waals surface area (Å²) in [5.41, 5.74) is 0.781. The Balaban J connectivity index is 1.66. The van der Waals surface area contributed by atoms with Crippen molar-refractivity contribution in [1.29, 1.82) is 0 Å². The van der Waals surface area contributed by atoms with Crippen molar-refractivity contribution < 1.29 is 22.4 Å². The van der Waals surface area contributed by atoms with E-state index >= 15 is 0 Å². The zero-order chi connectivity index (χ0) is 21.3. The summed E-state index contributed by atoms with van der Waals surface area (Å²) in [5.74, 6) is -1.10. The van der Waals surface area contributed by atoms with Gasteiger partial charge in [-0.05, 0) is 49.4 Å². The molecule has 0 aliphatic heterocycles. The van der Waals surface area contributed by atoms with Gasteiger partial charge in [0, 0.05) is 16.8 Å². The summed E-state index contributed by atoms with van der Waals surface area (Å²) in [7, 11) is 0. The molecule has 30 heavy (non-hydrogen) atoms. The smallest absolute Gasteiger partial charge is 0.319 e. The summed E-state index contributed by atoms with van der Waals surface area (Å²) in [4.78, 5) is 12.7. The molecule has 1 heterocycles. The van der Waals surface area contributed by atoms with E-state index in [9.17, 15) is 22.4 Å². The molecule has 0 bridgehead atoms. The van der Waals surface area contributed by atoms with Gasteiger partial charge in [0.25, 0.3) is 5.91 Å². The Hall–Kier alpha value is -3.16. The van der Waals surface area contributed by atoms with E-state index in [1.807, 2.05) is 0 Å². The molecule has 0 saturated heterocycles. The third kappa shape index (κ3) is 3.94. The fraction of sp³-hybridized carbons (Fsp3) is 0.273. The lowest BCUT2D eigenvalue weighted by molar-refractivity contribution is -0.142. The molecule has 0 radical (unpaired) electrons. The van der Waals surface area contributed by atoms with Gasteiger partial charge in [-0.15, -0.1) is 0 Å². The van der Waals surface area contributed by atoms with Crippen LogP contribution in [-0.2, 0) is 25.6 Å². The number of rotatable bonds is 4. The first kappa shape index (κ1) is 20.1. The predicted molar refractivity (Wildman–Crippen MR) is 104 cm³/mol. The molecule has 4 rings (SSSR count). The Bertz CT molecular complexity index is 1090. The molecule has 0 saturated carbocycles. The highest BCUT2D eigenvalue weighted by Crippen LogP contribution is 2.36. The molecule has 0 spiro atoms. The summed E-state index contributed by atoms with van der Waals surface area (Å²) in [6.45, 7) is 0.0271. The topological polar surface area (TPSA) is 46.9 Å². The van der Waals surface area contributed by atoms with Crippen molar-refractivity contribution in [2.24, 2.45) is 0 Å². The SMILES string of the molecule is O=C(Nc1ccccc1F)c1ccccc1Cn1nc(C(F)(F)F)c2c1CCCC2. The minimum Gasteiger partial charge on any atom is -0.319 e. The van der Waals surface area contributed by atoms with Crippen LogP contribution in [0.3, 0.4) is 0 Å². The largest absolute Gasteiger partial charge is 0.435 e. The fourth-order valence-electron chi connectivity index (χ4n) is 3.82. The maximum Gasteiger partial charge on any atom is 0.435 e. The van der Waals surface area contributed by atoms with Gasteiger partial charge in [0.2, 0.25) is 0 Å². The molecule has 156 valence electrons. The molecule has 1 N–H and O–H groups in total. The van der Waals surface area contributed by atoms with E-state index in [4.69, 9.17) is 0 Å². The zero-order valence-corrected chi connectivity index (χ0v) is 16.0. The number of anilines is 1. The Morgan fingerprint density at radius 1 is 1.03 bits per heavy atom. The molecule has 2 aromatic carbocycles. The molecule has 1 aliphatic carbocycles. The third-order valence-electron chi connectivity index (χ3n) is 5.23. The molecule has 1 aromatic heterocycles. The average molecular weight is 417 g/mol. The molecule has 1 amide bonds. The lowest BCUT2D eigenvalue weighted by atomic mass is 9.95. The number of nitrogens with one attached hydrogen (secondary N) is 1. The van der Waals surface area contributed by atoms with Gasteiger partial charge >= 0.3 is 6.18 Å². The van der Waals surface area contributed by atoms with Crippen molar-refractivity contribution >= 4 is 11.6 Å². The van der Waals surface area contributed by atoms with Crippen molar-refractivity contribution in [2.75, 3.05) is 5.32 Å². The van der Waals surface area contributed by atoms with E-state index in [1.54, 1.807) is 30.3 Å². The van der Waals surface area contributed by atoms with Crippen molar-refractivity contribution in [2.45, 2.75) is 38.4 Å². The van der Waals surface area contributed by atoms with Crippen LogP contribution < -0.4 is 5.32 Å². The summed E-state index contributed by atoms with van der Waals surface area (Å²) in [6, 6.07) is 12.4. The first-order chi connectivity index (χ1) is 14.3. The Labute approximate surface area is 170 Å². The van der Waals surface area contributed by atoms with Gasteiger partial charge in [0.1, 0.15) is 5.82 Å². The van der Waals surface area contributed by atoms with Crippen LogP contribution in [0.5, 0.6) is 0 Å². The third-order valence-corrected chi connectivity index (χ3v) is 5.23. The van der Waals surface area contributed by atoms with E-state index in [0.29, 0.717) is 30.5 Å². The normalized spacial score (nSPS) is 13.7. The molecular weight excluding hydrogens is 398 g/mol. The van der Waals surface area contributed by atoms with Crippen molar-refractivity contribution in [3.8, 4) is 0 Å². The second-order valence-corrected chi connectivity index (χ2v) is 7.23. The zero-order valence-electron chi connectivity index (χ0n) is 16.0. The number of benzene rings is 2. The summed E-state index contributed by atoms with van der Waals surface area (Å²) in [5, 5.41) is 6.38. The number of nitrogens with zero attached hydrogens (tertiary/aromatic N) is 2.